The molecular formula is C19H19ClFN3O2S. The Balaban J connectivity index is 1.66. The number of aromatic nitrogens is 2. The number of benzene rings is 1. The smallest absolute Gasteiger partial charge is 0.146 e. The van der Waals surface area contributed by atoms with Gasteiger partial charge in [0.1, 0.15) is 34.6 Å². The lowest BCUT2D eigenvalue weighted by Gasteiger charge is -2.27. The van der Waals surface area contributed by atoms with Crippen molar-refractivity contribution < 1.29 is 14.2 Å². The molecule has 0 bridgehead atoms. The minimum atomic E-state index is -0.380. The lowest BCUT2D eigenvalue weighted by molar-refractivity contribution is 0.0539. The highest BCUT2D eigenvalue weighted by Crippen LogP contribution is 2.39. The maximum absolute atomic E-state index is 13.8. The molecule has 2 heterocycles. The molecule has 5 nitrogen and oxygen atoms in total. The van der Waals surface area contributed by atoms with Crippen molar-refractivity contribution in [2.24, 2.45) is 0 Å². The van der Waals surface area contributed by atoms with Crippen LogP contribution in [0.4, 0.5) is 15.9 Å². The Labute approximate surface area is 165 Å². The summed E-state index contributed by atoms with van der Waals surface area (Å²) < 4.78 is 20.5. The van der Waals surface area contributed by atoms with Gasteiger partial charge in [-0.3, -0.25) is 0 Å². The molecule has 1 aliphatic carbocycles. The third-order valence-electron chi connectivity index (χ3n) is 4.76. The molecule has 3 aromatic rings. The molecule has 1 aliphatic rings. The summed E-state index contributed by atoms with van der Waals surface area (Å²) in [7, 11) is 0. The lowest BCUT2D eigenvalue weighted by atomic mass is 9.95. The molecule has 2 atom stereocenters. The summed E-state index contributed by atoms with van der Waals surface area (Å²) in [5.41, 5.74) is 1.51. The van der Waals surface area contributed by atoms with Crippen LogP contribution < -0.4 is 10.1 Å². The Kier molecular flexibility index (Phi) is 5.16. The second-order valence-corrected chi connectivity index (χ2v) is 8.33. The van der Waals surface area contributed by atoms with E-state index in [9.17, 15) is 9.50 Å². The number of rotatable bonds is 4. The Morgan fingerprint density at radius 3 is 3.00 bits per heavy atom. The van der Waals surface area contributed by atoms with Crippen LogP contribution in [0.2, 0.25) is 4.34 Å². The molecule has 2 N–H and O–H groups in total. The molecule has 0 amide bonds. The van der Waals surface area contributed by atoms with Gasteiger partial charge in [0, 0.05) is 12.5 Å². The summed E-state index contributed by atoms with van der Waals surface area (Å²) in [4.78, 5) is 9.39. The standard InChI is InChI=1S/C19H19ClFN3O2S/c1-10-16-18(22-9-23-19(16)27-17(10)20)24-14-6-5-11(21)7-15(14)26-13-4-2-3-12(25)8-13/h5-7,9,12-13,25H,2-4,8H2,1H3,(H,22,23,24). The van der Waals surface area contributed by atoms with Crippen LogP contribution in [0.1, 0.15) is 31.2 Å². The van der Waals surface area contributed by atoms with Crippen LogP contribution in [-0.2, 0) is 0 Å². The van der Waals surface area contributed by atoms with Crippen molar-refractivity contribution in [3.63, 3.8) is 0 Å². The van der Waals surface area contributed by atoms with Gasteiger partial charge >= 0.3 is 0 Å². The Hall–Kier alpha value is -1.96. The number of hydrogen-bond donors (Lipinski definition) is 2. The van der Waals surface area contributed by atoms with Gasteiger partial charge in [0.05, 0.1) is 21.5 Å². The summed E-state index contributed by atoms with van der Waals surface area (Å²) in [5, 5.41) is 14.0. The van der Waals surface area contributed by atoms with E-state index in [1.54, 1.807) is 6.07 Å². The lowest BCUT2D eigenvalue weighted by Crippen LogP contribution is -2.28. The number of aryl methyl sites for hydroxylation is 1. The minimum absolute atomic E-state index is 0.140. The quantitative estimate of drug-likeness (QED) is 0.620. The van der Waals surface area contributed by atoms with Crippen LogP contribution in [-0.4, -0.2) is 27.3 Å². The van der Waals surface area contributed by atoms with Gasteiger partial charge < -0.3 is 15.2 Å². The zero-order valence-electron chi connectivity index (χ0n) is 14.7. The first-order chi connectivity index (χ1) is 13.0. The third-order valence-corrected chi connectivity index (χ3v) is 6.26. The molecular weight excluding hydrogens is 389 g/mol. The summed E-state index contributed by atoms with van der Waals surface area (Å²) in [5.74, 6) is 0.620. The second kappa shape index (κ2) is 7.58. The fourth-order valence-electron chi connectivity index (χ4n) is 3.37. The Morgan fingerprint density at radius 1 is 1.33 bits per heavy atom. The average Bonchev–Trinajstić information content (AvgIpc) is 2.92. The molecule has 2 unspecified atom stereocenters. The molecule has 8 heteroatoms. The highest BCUT2D eigenvalue weighted by atomic mass is 35.5. The number of thiophene rings is 1. The zero-order chi connectivity index (χ0) is 19.0. The number of hydrogen-bond acceptors (Lipinski definition) is 6. The SMILES string of the molecule is Cc1c(Cl)sc2ncnc(Nc3ccc(F)cc3OC3CCCC(O)C3)c12. The van der Waals surface area contributed by atoms with E-state index in [1.807, 2.05) is 6.92 Å². The molecule has 0 saturated heterocycles. The van der Waals surface area contributed by atoms with Gasteiger partial charge in [0.25, 0.3) is 0 Å². The van der Waals surface area contributed by atoms with Crippen LogP contribution in [0.5, 0.6) is 5.75 Å². The zero-order valence-corrected chi connectivity index (χ0v) is 16.3. The largest absolute Gasteiger partial charge is 0.488 e. The van der Waals surface area contributed by atoms with Crippen LogP contribution in [0, 0.1) is 12.7 Å². The maximum atomic E-state index is 13.8. The molecule has 27 heavy (non-hydrogen) atoms. The van der Waals surface area contributed by atoms with E-state index < -0.39 is 0 Å². The number of aliphatic hydroxyl groups excluding tert-OH is 1. The van der Waals surface area contributed by atoms with Crippen molar-refractivity contribution in [1.29, 1.82) is 0 Å². The van der Waals surface area contributed by atoms with E-state index in [1.165, 1.54) is 29.8 Å². The average molecular weight is 408 g/mol. The number of aliphatic hydroxyl groups is 1. The highest BCUT2D eigenvalue weighted by Gasteiger charge is 2.23. The van der Waals surface area contributed by atoms with Gasteiger partial charge in [0.15, 0.2) is 0 Å². The predicted octanol–water partition coefficient (Wildman–Crippen LogP) is 5.22. The normalized spacial score (nSPS) is 20.0. The van der Waals surface area contributed by atoms with Crippen LogP contribution in [0.25, 0.3) is 10.2 Å². The van der Waals surface area contributed by atoms with Gasteiger partial charge in [-0.25, -0.2) is 14.4 Å². The number of halogens is 2. The fraction of sp³-hybridized carbons (Fsp3) is 0.368. The molecule has 0 spiro atoms. The number of fused-ring (bicyclic) bond motifs is 1. The van der Waals surface area contributed by atoms with Crippen molar-refractivity contribution in [3.8, 4) is 5.75 Å². The van der Waals surface area contributed by atoms with Crippen LogP contribution >= 0.6 is 22.9 Å². The molecule has 1 aromatic carbocycles. The number of nitrogens with zero attached hydrogens (tertiary/aromatic N) is 2. The van der Waals surface area contributed by atoms with E-state index in [-0.39, 0.29) is 18.0 Å². The molecule has 1 fully saturated rings. The first-order valence-corrected chi connectivity index (χ1v) is 10.0. The van der Waals surface area contributed by atoms with Gasteiger partial charge in [-0.15, -0.1) is 11.3 Å². The van der Waals surface area contributed by atoms with Crippen molar-refractivity contribution >= 4 is 44.7 Å². The van der Waals surface area contributed by atoms with E-state index in [0.717, 1.165) is 35.0 Å². The first kappa shape index (κ1) is 18.4. The predicted molar refractivity (Wildman–Crippen MR) is 106 cm³/mol. The fourth-order valence-corrected chi connectivity index (χ4v) is 4.56. The third kappa shape index (κ3) is 3.85. The molecule has 0 aliphatic heterocycles. The summed E-state index contributed by atoms with van der Waals surface area (Å²) >= 11 is 7.64. The second-order valence-electron chi connectivity index (χ2n) is 6.73. The summed E-state index contributed by atoms with van der Waals surface area (Å²) in [6, 6.07) is 4.35. The van der Waals surface area contributed by atoms with Gasteiger partial charge in [0.2, 0.25) is 0 Å². The van der Waals surface area contributed by atoms with Gasteiger partial charge in [-0.05, 0) is 43.9 Å². The van der Waals surface area contributed by atoms with Crippen LogP contribution in [0.3, 0.4) is 0 Å². The first-order valence-electron chi connectivity index (χ1n) is 8.82. The van der Waals surface area contributed by atoms with Crippen molar-refractivity contribution in [2.45, 2.75) is 44.8 Å². The number of anilines is 2. The van der Waals surface area contributed by atoms with Gasteiger partial charge in [-0.2, -0.15) is 0 Å². The summed E-state index contributed by atoms with van der Waals surface area (Å²) in [6.45, 7) is 1.92. The van der Waals surface area contributed by atoms with Gasteiger partial charge in [-0.1, -0.05) is 11.6 Å². The van der Waals surface area contributed by atoms with E-state index in [2.05, 4.69) is 15.3 Å². The van der Waals surface area contributed by atoms with Crippen molar-refractivity contribution in [3.05, 3.63) is 40.2 Å². The monoisotopic (exact) mass is 407 g/mol. The van der Waals surface area contributed by atoms with Crippen molar-refractivity contribution in [2.75, 3.05) is 5.32 Å². The highest BCUT2D eigenvalue weighted by molar-refractivity contribution is 7.22. The summed E-state index contributed by atoms with van der Waals surface area (Å²) in [6.07, 6.45) is 4.02. The Bertz CT molecular complexity index is 981. The number of nitrogens with one attached hydrogen (secondary N) is 1. The molecule has 4 rings (SSSR count). The van der Waals surface area contributed by atoms with E-state index >= 15 is 0 Å². The van der Waals surface area contributed by atoms with Crippen molar-refractivity contribution in [1.82, 2.24) is 9.97 Å². The molecule has 142 valence electrons. The maximum Gasteiger partial charge on any atom is 0.146 e. The minimum Gasteiger partial charge on any atom is -0.488 e. The van der Waals surface area contributed by atoms with Crippen LogP contribution in [0.15, 0.2) is 24.5 Å². The molecule has 0 radical (unpaired) electrons. The van der Waals surface area contributed by atoms with E-state index in [4.69, 9.17) is 16.3 Å². The molecule has 1 saturated carbocycles. The molecule has 2 aromatic heterocycles. The van der Waals surface area contributed by atoms with E-state index in [0.29, 0.717) is 28.0 Å². The Morgan fingerprint density at radius 2 is 2.19 bits per heavy atom. The number of ether oxygens (including phenoxy) is 1. The topological polar surface area (TPSA) is 67.3 Å².